The molecule has 4 rings (SSSR count). The van der Waals surface area contributed by atoms with Gasteiger partial charge in [-0.05, 0) is 24.5 Å². The molecule has 1 fully saturated rings. The number of hydrogen-bond acceptors (Lipinski definition) is 3. The Morgan fingerprint density at radius 1 is 1.03 bits per heavy atom. The molecule has 0 atom stereocenters. The van der Waals surface area contributed by atoms with Crippen molar-refractivity contribution < 1.29 is 9.59 Å². The minimum atomic E-state index is -0.539. The van der Waals surface area contributed by atoms with Gasteiger partial charge in [0, 0.05) is 24.7 Å². The van der Waals surface area contributed by atoms with Gasteiger partial charge >= 0.3 is 0 Å². The van der Waals surface area contributed by atoms with Gasteiger partial charge in [0.2, 0.25) is 0 Å². The van der Waals surface area contributed by atoms with Crippen LogP contribution >= 0.6 is 0 Å². The smallest absolute Gasteiger partial charge is 0.295 e. The van der Waals surface area contributed by atoms with E-state index in [4.69, 9.17) is 12.3 Å². The zero-order chi connectivity index (χ0) is 20.4. The van der Waals surface area contributed by atoms with E-state index in [9.17, 15) is 9.59 Å². The summed E-state index contributed by atoms with van der Waals surface area (Å²) in [4.78, 5) is 33.9. The third-order valence-electron chi connectivity index (χ3n) is 5.33. The van der Waals surface area contributed by atoms with E-state index in [1.807, 2.05) is 30.3 Å². The molecule has 144 valence electrons. The van der Waals surface area contributed by atoms with Crippen molar-refractivity contribution in [3.8, 4) is 0 Å². The predicted octanol–water partition coefficient (Wildman–Crippen LogP) is 3.89. The number of aromatic nitrogens is 1. The van der Waals surface area contributed by atoms with E-state index in [-0.39, 0.29) is 0 Å². The number of Topliss-reactive ketones (excluding diaryl/α,β-unsaturated/α-hetero) is 1. The van der Waals surface area contributed by atoms with Crippen LogP contribution in [0.15, 0.2) is 60.3 Å². The van der Waals surface area contributed by atoms with Crippen LogP contribution in [-0.4, -0.2) is 34.7 Å². The minimum Gasteiger partial charge on any atom is -0.397 e. The topological polar surface area (TPSA) is 83.5 Å². The average molecular weight is 384 g/mol. The number of ketones is 1. The molecule has 1 aliphatic rings. The molecule has 1 amide bonds. The highest BCUT2D eigenvalue weighted by molar-refractivity contribution is 6.45. The van der Waals surface area contributed by atoms with E-state index in [1.165, 1.54) is 0 Å². The molecule has 1 aromatic heterocycles. The Hall–Kier alpha value is -3.85. The molecule has 3 N–H and O–H groups in total. The molecule has 0 spiro atoms. The fraction of sp³-hybridized carbons (Fsp3) is 0.174. The second kappa shape index (κ2) is 7.64. The summed E-state index contributed by atoms with van der Waals surface area (Å²) in [7, 11) is 0. The summed E-state index contributed by atoms with van der Waals surface area (Å²) in [6.07, 6.45) is 2.72. The SMILES string of the molecule is [C-]#[N+]C(=C1CCN(C(=O)C(=O)c2c[nH]c3c(N)cccc23)CC1)c1ccccc1. The quantitative estimate of drug-likeness (QED) is 0.311. The molecule has 0 saturated carbocycles. The largest absolute Gasteiger partial charge is 0.397 e. The highest BCUT2D eigenvalue weighted by Gasteiger charge is 2.28. The molecule has 3 aromatic rings. The Balaban J connectivity index is 1.52. The monoisotopic (exact) mass is 384 g/mol. The van der Waals surface area contributed by atoms with Crippen LogP contribution in [0.5, 0.6) is 0 Å². The van der Waals surface area contributed by atoms with Gasteiger partial charge in [-0.1, -0.05) is 48.0 Å². The molecule has 6 heteroatoms. The third kappa shape index (κ3) is 3.39. The summed E-state index contributed by atoms with van der Waals surface area (Å²) in [5, 5.41) is 0.653. The van der Waals surface area contributed by atoms with Gasteiger partial charge in [-0.15, -0.1) is 0 Å². The number of rotatable bonds is 3. The molecule has 29 heavy (non-hydrogen) atoms. The zero-order valence-corrected chi connectivity index (χ0v) is 15.8. The Morgan fingerprint density at radius 2 is 1.76 bits per heavy atom. The van der Waals surface area contributed by atoms with Gasteiger partial charge in [0.15, 0.2) is 5.70 Å². The molecule has 1 aliphatic heterocycles. The normalized spacial score (nSPS) is 13.9. The summed E-state index contributed by atoms with van der Waals surface area (Å²) < 4.78 is 0. The number of aromatic amines is 1. The standard InChI is InChI=1S/C23H20N4O2/c1-25-20(15-6-3-2-4-7-15)16-10-12-27(13-11-16)23(29)22(28)18-14-26-21-17(18)8-5-9-19(21)24/h2-9,14,26H,10-13,24H2. The number of nitrogens with two attached hydrogens (primary N) is 1. The fourth-order valence-corrected chi connectivity index (χ4v) is 3.78. The number of H-pyrrole nitrogens is 1. The second-order valence-electron chi connectivity index (χ2n) is 7.02. The van der Waals surface area contributed by atoms with Crippen molar-refractivity contribution in [3.05, 3.63) is 82.8 Å². The van der Waals surface area contributed by atoms with E-state index in [0.717, 1.165) is 11.1 Å². The van der Waals surface area contributed by atoms with Crippen LogP contribution in [0.25, 0.3) is 21.4 Å². The number of carbonyl (C=O) groups excluding carboxylic acids is 2. The number of nitrogen functional groups attached to an aromatic ring is 1. The Labute approximate surface area is 168 Å². The number of piperidine rings is 1. The van der Waals surface area contributed by atoms with Gasteiger partial charge < -0.3 is 15.6 Å². The van der Waals surface area contributed by atoms with Crippen molar-refractivity contribution in [1.29, 1.82) is 0 Å². The van der Waals surface area contributed by atoms with Gasteiger partial charge in [0.25, 0.3) is 11.7 Å². The first-order valence-electron chi connectivity index (χ1n) is 9.44. The lowest BCUT2D eigenvalue weighted by molar-refractivity contribution is -0.126. The third-order valence-corrected chi connectivity index (χ3v) is 5.33. The number of benzene rings is 2. The van der Waals surface area contributed by atoms with Crippen LogP contribution in [0.1, 0.15) is 28.8 Å². The van der Waals surface area contributed by atoms with Crippen molar-refractivity contribution in [2.75, 3.05) is 18.8 Å². The maximum absolute atomic E-state index is 12.8. The van der Waals surface area contributed by atoms with Crippen molar-refractivity contribution in [2.45, 2.75) is 12.8 Å². The van der Waals surface area contributed by atoms with E-state index in [1.54, 1.807) is 29.3 Å². The Morgan fingerprint density at radius 3 is 2.45 bits per heavy atom. The van der Waals surface area contributed by atoms with E-state index < -0.39 is 11.7 Å². The summed E-state index contributed by atoms with van der Waals surface area (Å²) in [6, 6.07) is 14.9. The van der Waals surface area contributed by atoms with Crippen LogP contribution in [0.2, 0.25) is 0 Å². The van der Waals surface area contributed by atoms with Crippen molar-refractivity contribution in [3.63, 3.8) is 0 Å². The summed E-state index contributed by atoms with van der Waals surface area (Å²) in [5.41, 5.74) is 10.0. The summed E-state index contributed by atoms with van der Waals surface area (Å²) >= 11 is 0. The molecule has 0 aliphatic carbocycles. The Bertz CT molecular complexity index is 1160. The molecule has 0 bridgehead atoms. The van der Waals surface area contributed by atoms with Crippen molar-refractivity contribution in [1.82, 2.24) is 9.88 Å². The van der Waals surface area contributed by atoms with Crippen LogP contribution in [0.3, 0.4) is 0 Å². The lowest BCUT2D eigenvalue weighted by Gasteiger charge is -2.28. The van der Waals surface area contributed by atoms with Gasteiger partial charge in [-0.25, -0.2) is 4.85 Å². The number of likely N-dealkylation sites (tertiary alicyclic amines) is 1. The predicted molar refractivity (Wildman–Crippen MR) is 113 cm³/mol. The van der Waals surface area contributed by atoms with E-state index in [0.29, 0.717) is 53.8 Å². The van der Waals surface area contributed by atoms with Crippen LogP contribution in [0.4, 0.5) is 5.69 Å². The molecule has 1 saturated heterocycles. The van der Waals surface area contributed by atoms with Crippen molar-refractivity contribution in [2.24, 2.45) is 0 Å². The van der Waals surface area contributed by atoms with E-state index >= 15 is 0 Å². The first-order chi connectivity index (χ1) is 14.1. The van der Waals surface area contributed by atoms with Gasteiger partial charge in [0.1, 0.15) is 0 Å². The molecule has 6 nitrogen and oxygen atoms in total. The first-order valence-corrected chi connectivity index (χ1v) is 9.44. The number of fused-ring (bicyclic) bond motifs is 1. The maximum atomic E-state index is 12.8. The number of nitrogens with one attached hydrogen (secondary N) is 1. The molecular weight excluding hydrogens is 364 g/mol. The summed E-state index contributed by atoms with van der Waals surface area (Å²) in [5.74, 6) is -1.06. The van der Waals surface area contributed by atoms with Crippen LogP contribution in [0, 0.1) is 6.57 Å². The summed E-state index contributed by atoms with van der Waals surface area (Å²) in [6.45, 7) is 8.40. The van der Waals surface area contributed by atoms with Crippen LogP contribution in [-0.2, 0) is 4.79 Å². The van der Waals surface area contributed by atoms with Gasteiger partial charge in [0.05, 0.1) is 23.3 Å². The number of hydrogen-bond donors (Lipinski definition) is 2. The van der Waals surface area contributed by atoms with Gasteiger partial charge in [-0.2, -0.15) is 0 Å². The number of carbonyl (C=O) groups is 2. The number of amides is 1. The molecular formula is C23H20N4O2. The minimum absolute atomic E-state index is 0.338. The van der Waals surface area contributed by atoms with Crippen molar-refractivity contribution >= 4 is 34.0 Å². The second-order valence-corrected chi connectivity index (χ2v) is 7.02. The molecule has 2 aromatic carbocycles. The molecule has 0 unspecified atom stereocenters. The molecule has 2 heterocycles. The average Bonchev–Trinajstić information content (AvgIpc) is 3.20. The lowest BCUT2D eigenvalue weighted by Crippen LogP contribution is -2.40. The maximum Gasteiger partial charge on any atom is 0.295 e. The number of anilines is 1. The highest BCUT2D eigenvalue weighted by atomic mass is 16.2. The number of nitrogens with zero attached hydrogens (tertiary/aromatic N) is 2. The Kier molecular flexibility index (Phi) is 4.88. The van der Waals surface area contributed by atoms with E-state index in [2.05, 4.69) is 9.83 Å². The lowest BCUT2D eigenvalue weighted by atomic mass is 9.97. The fourth-order valence-electron chi connectivity index (χ4n) is 3.78. The highest BCUT2D eigenvalue weighted by Crippen LogP contribution is 2.29. The first kappa shape index (κ1) is 18.5. The van der Waals surface area contributed by atoms with Crippen LogP contribution < -0.4 is 5.73 Å². The van der Waals surface area contributed by atoms with Gasteiger partial charge in [-0.3, -0.25) is 9.59 Å². The zero-order valence-electron chi connectivity index (χ0n) is 15.8. The number of para-hydroxylation sites is 1. The molecule has 0 radical (unpaired) electrons.